The molecule has 1 aromatic rings. The van der Waals surface area contributed by atoms with Crippen molar-refractivity contribution < 1.29 is 14.7 Å². The first kappa shape index (κ1) is 15.5. The molecule has 1 heterocycles. The van der Waals surface area contributed by atoms with E-state index >= 15 is 0 Å². The molecule has 0 atom stereocenters. The number of anilines is 1. The number of benzene rings is 1. The number of Topliss-reactive ketones (excluding diaryl/α,β-unsaturated/α-hetero) is 1. The lowest BCUT2D eigenvalue weighted by molar-refractivity contribution is -0.112. The number of phenolic OH excluding ortho intramolecular Hbond substituents is 1. The molecule has 21 heavy (non-hydrogen) atoms. The van der Waals surface area contributed by atoms with E-state index in [1.165, 1.54) is 6.07 Å². The van der Waals surface area contributed by atoms with Crippen LogP contribution in [0.5, 0.6) is 5.75 Å². The van der Waals surface area contributed by atoms with Gasteiger partial charge in [-0.15, -0.1) is 0 Å². The molecule has 5 nitrogen and oxygen atoms in total. The van der Waals surface area contributed by atoms with Crippen LogP contribution in [-0.4, -0.2) is 41.3 Å². The molecular formula is C16H22N2O3. The molecule has 0 radical (unpaired) electrons. The zero-order chi connectivity index (χ0) is 15.4. The summed E-state index contributed by atoms with van der Waals surface area (Å²) < 4.78 is 0. The van der Waals surface area contributed by atoms with Gasteiger partial charge in [0.15, 0.2) is 0 Å². The number of rotatable bonds is 7. The van der Waals surface area contributed by atoms with Gasteiger partial charge in [-0.25, -0.2) is 0 Å². The third-order valence-electron chi connectivity index (χ3n) is 3.72. The molecule has 1 aliphatic rings. The topological polar surface area (TPSA) is 69.6 Å². The van der Waals surface area contributed by atoms with E-state index in [1.54, 1.807) is 6.07 Å². The maximum absolute atomic E-state index is 11.9. The summed E-state index contributed by atoms with van der Waals surface area (Å²) in [5.41, 5.74) is 1.43. The predicted molar refractivity (Wildman–Crippen MR) is 81.8 cm³/mol. The SMILES string of the molecule is CCCN(CCC)CCc1ccc(O)c2c1C(=O)C(=O)N2. The van der Waals surface area contributed by atoms with E-state index in [0.717, 1.165) is 38.0 Å². The van der Waals surface area contributed by atoms with Crippen LogP contribution in [0, 0.1) is 0 Å². The second-order valence-corrected chi connectivity index (χ2v) is 5.37. The molecule has 0 bridgehead atoms. The van der Waals surface area contributed by atoms with Gasteiger partial charge in [-0.05, 0) is 44.0 Å². The summed E-state index contributed by atoms with van der Waals surface area (Å²) in [5.74, 6) is -1.26. The first-order chi connectivity index (χ1) is 10.1. The average Bonchev–Trinajstić information content (AvgIpc) is 2.76. The average molecular weight is 290 g/mol. The first-order valence-electron chi connectivity index (χ1n) is 7.51. The molecule has 0 spiro atoms. The number of ketones is 1. The van der Waals surface area contributed by atoms with Crippen molar-refractivity contribution in [2.45, 2.75) is 33.1 Å². The number of phenols is 1. The van der Waals surface area contributed by atoms with Gasteiger partial charge >= 0.3 is 0 Å². The highest BCUT2D eigenvalue weighted by Gasteiger charge is 2.32. The third kappa shape index (κ3) is 3.24. The fourth-order valence-electron chi connectivity index (χ4n) is 2.76. The molecule has 0 aromatic heterocycles. The Morgan fingerprint density at radius 2 is 1.76 bits per heavy atom. The lowest BCUT2D eigenvalue weighted by Crippen LogP contribution is -2.28. The van der Waals surface area contributed by atoms with Crippen LogP contribution in [0.1, 0.15) is 42.6 Å². The van der Waals surface area contributed by atoms with Gasteiger partial charge in [0, 0.05) is 6.54 Å². The lowest BCUT2D eigenvalue weighted by atomic mass is 10.0. The number of carbonyl (C=O) groups is 2. The summed E-state index contributed by atoms with van der Waals surface area (Å²) in [7, 11) is 0. The molecule has 2 N–H and O–H groups in total. The molecule has 0 saturated carbocycles. The highest BCUT2D eigenvalue weighted by Crippen LogP contribution is 2.35. The number of nitrogens with zero attached hydrogens (tertiary/aromatic N) is 1. The number of hydrogen-bond acceptors (Lipinski definition) is 4. The molecule has 1 aliphatic heterocycles. The minimum absolute atomic E-state index is 0.0491. The summed E-state index contributed by atoms with van der Waals surface area (Å²) in [6.07, 6.45) is 2.88. The van der Waals surface area contributed by atoms with Gasteiger partial charge in [0.2, 0.25) is 0 Å². The van der Waals surface area contributed by atoms with Crippen molar-refractivity contribution in [3.05, 3.63) is 23.3 Å². The molecule has 2 rings (SSSR count). The molecule has 0 fully saturated rings. The maximum Gasteiger partial charge on any atom is 0.296 e. The zero-order valence-electron chi connectivity index (χ0n) is 12.6. The van der Waals surface area contributed by atoms with Crippen molar-refractivity contribution in [2.75, 3.05) is 25.0 Å². The zero-order valence-corrected chi connectivity index (χ0v) is 12.6. The fraction of sp³-hybridized carbons (Fsp3) is 0.500. The molecule has 114 valence electrons. The quantitative estimate of drug-likeness (QED) is 0.596. The number of hydrogen-bond donors (Lipinski definition) is 2. The molecule has 5 heteroatoms. The Bertz CT molecular complexity index is 549. The van der Waals surface area contributed by atoms with Crippen molar-refractivity contribution in [2.24, 2.45) is 0 Å². The minimum atomic E-state index is -0.660. The van der Waals surface area contributed by atoms with Crippen LogP contribution in [0.15, 0.2) is 12.1 Å². The second kappa shape index (κ2) is 6.72. The van der Waals surface area contributed by atoms with Gasteiger partial charge in [0.25, 0.3) is 11.7 Å². The van der Waals surface area contributed by atoms with Gasteiger partial charge in [0.05, 0.1) is 11.3 Å². The van der Waals surface area contributed by atoms with Crippen LogP contribution in [0.3, 0.4) is 0 Å². The van der Waals surface area contributed by atoms with E-state index in [2.05, 4.69) is 24.1 Å². The van der Waals surface area contributed by atoms with Gasteiger partial charge in [-0.2, -0.15) is 0 Å². The molecule has 1 amide bonds. The van der Waals surface area contributed by atoms with Crippen molar-refractivity contribution in [1.29, 1.82) is 0 Å². The van der Waals surface area contributed by atoms with Crippen molar-refractivity contribution in [3.63, 3.8) is 0 Å². The highest BCUT2D eigenvalue weighted by atomic mass is 16.3. The number of amides is 1. The van der Waals surface area contributed by atoms with Crippen LogP contribution in [0.4, 0.5) is 5.69 Å². The standard InChI is InChI=1S/C16H22N2O3/c1-3-8-18(9-4-2)10-7-11-5-6-12(19)14-13(11)15(20)16(21)17-14/h5-6,19H,3-4,7-10H2,1-2H3,(H,17,20,21). The number of nitrogens with one attached hydrogen (secondary N) is 1. The monoisotopic (exact) mass is 290 g/mol. The summed E-state index contributed by atoms with van der Waals surface area (Å²) in [4.78, 5) is 25.8. The molecule has 0 aliphatic carbocycles. The molecule has 1 aromatic carbocycles. The van der Waals surface area contributed by atoms with Gasteiger partial charge in [0.1, 0.15) is 5.75 Å². The normalized spacial score (nSPS) is 13.7. The predicted octanol–water partition coefficient (Wildman–Crippen LogP) is 2.19. The highest BCUT2D eigenvalue weighted by molar-refractivity contribution is 6.52. The van der Waals surface area contributed by atoms with E-state index in [-0.39, 0.29) is 11.4 Å². The van der Waals surface area contributed by atoms with Crippen molar-refractivity contribution in [3.8, 4) is 5.75 Å². The van der Waals surface area contributed by atoms with E-state index in [0.29, 0.717) is 12.0 Å². The Balaban J connectivity index is 2.17. The van der Waals surface area contributed by atoms with Crippen molar-refractivity contribution >= 4 is 17.4 Å². The summed E-state index contributed by atoms with van der Waals surface area (Å²) in [6.45, 7) is 7.19. The number of aromatic hydroxyl groups is 1. The van der Waals surface area contributed by atoms with Crippen LogP contribution < -0.4 is 5.32 Å². The van der Waals surface area contributed by atoms with E-state index in [4.69, 9.17) is 0 Å². The second-order valence-electron chi connectivity index (χ2n) is 5.37. The molecule has 0 unspecified atom stereocenters. The number of fused-ring (bicyclic) bond motifs is 1. The maximum atomic E-state index is 11.9. The third-order valence-corrected chi connectivity index (χ3v) is 3.72. The van der Waals surface area contributed by atoms with Crippen LogP contribution in [0.2, 0.25) is 0 Å². The van der Waals surface area contributed by atoms with E-state index in [1.807, 2.05) is 0 Å². The minimum Gasteiger partial charge on any atom is -0.506 e. The lowest BCUT2D eigenvalue weighted by Gasteiger charge is -2.21. The Morgan fingerprint density at radius 3 is 2.38 bits per heavy atom. The van der Waals surface area contributed by atoms with Gasteiger partial charge < -0.3 is 15.3 Å². The van der Waals surface area contributed by atoms with Gasteiger partial charge in [-0.3, -0.25) is 9.59 Å². The van der Waals surface area contributed by atoms with Crippen molar-refractivity contribution in [1.82, 2.24) is 4.90 Å². The molecule has 0 saturated heterocycles. The van der Waals surface area contributed by atoms with Crippen LogP contribution in [-0.2, 0) is 11.2 Å². The number of carbonyl (C=O) groups excluding carboxylic acids is 2. The van der Waals surface area contributed by atoms with Gasteiger partial charge in [-0.1, -0.05) is 19.9 Å². The Labute approximate surface area is 125 Å². The Hall–Kier alpha value is -1.88. The Morgan fingerprint density at radius 1 is 1.10 bits per heavy atom. The largest absolute Gasteiger partial charge is 0.506 e. The van der Waals surface area contributed by atoms with E-state index < -0.39 is 11.7 Å². The van der Waals surface area contributed by atoms with Crippen LogP contribution >= 0.6 is 0 Å². The summed E-state index contributed by atoms with van der Waals surface area (Å²) in [6, 6.07) is 3.28. The molecular weight excluding hydrogens is 268 g/mol. The van der Waals surface area contributed by atoms with E-state index in [9.17, 15) is 14.7 Å². The van der Waals surface area contributed by atoms with Crippen LogP contribution in [0.25, 0.3) is 0 Å². The summed E-state index contributed by atoms with van der Waals surface area (Å²) >= 11 is 0. The first-order valence-corrected chi connectivity index (χ1v) is 7.51. The fourth-order valence-corrected chi connectivity index (χ4v) is 2.76. The Kier molecular flexibility index (Phi) is 4.96. The summed E-state index contributed by atoms with van der Waals surface area (Å²) in [5, 5.41) is 12.2. The smallest absolute Gasteiger partial charge is 0.296 e.